The Bertz CT molecular complexity index is 612. The maximum atomic E-state index is 4.67. The summed E-state index contributed by atoms with van der Waals surface area (Å²) in [6.45, 7) is 4.40. The van der Waals surface area contributed by atoms with Crippen LogP contribution in [0, 0.1) is 6.92 Å². The molecule has 3 heterocycles. The van der Waals surface area contributed by atoms with E-state index in [1.165, 1.54) is 36.1 Å². The lowest BCUT2D eigenvalue weighted by Crippen LogP contribution is -2.18. The van der Waals surface area contributed by atoms with Gasteiger partial charge in [-0.3, -0.25) is 4.98 Å². The van der Waals surface area contributed by atoms with E-state index in [4.69, 9.17) is 0 Å². The van der Waals surface area contributed by atoms with E-state index in [-0.39, 0.29) is 0 Å². The zero-order valence-electron chi connectivity index (χ0n) is 12.5. The molecule has 108 valence electrons. The predicted octanol–water partition coefficient (Wildman–Crippen LogP) is 3.66. The zero-order chi connectivity index (χ0) is 14.2. The van der Waals surface area contributed by atoms with E-state index in [9.17, 15) is 0 Å². The fourth-order valence-electron chi connectivity index (χ4n) is 3.34. The molecular formula is C18H21N3. The first-order valence-electron chi connectivity index (χ1n) is 7.95. The minimum absolute atomic E-state index is 0.588. The quantitative estimate of drug-likeness (QED) is 0.858. The smallest absolute Gasteiger partial charge is 0.128 e. The molecule has 3 heteroatoms. The molecule has 2 atom stereocenters. The van der Waals surface area contributed by atoms with E-state index in [0.717, 1.165) is 18.9 Å². The number of hydrogen-bond acceptors (Lipinski definition) is 3. The van der Waals surface area contributed by atoms with Crippen LogP contribution in [0.3, 0.4) is 0 Å². The lowest BCUT2D eigenvalue weighted by molar-refractivity contribution is 0.921. The molecule has 3 nitrogen and oxygen atoms in total. The molecule has 1 saturated heterocycles. The molecule has 0 bridgehead atoms. The Morgan fingerprint density at radius 3 is 2.48 bits per heavy atom. The second-order valence-corrected chi connectivity index (χ2v) is 6.35. The highest BCUT2D eigenvalue weighted by molar-refractivity contribution is 5.42. The minimum atomic E-state index is 0.588. The average molecular weight is 279 g/mol. The van der Waals surface area contributed by atoms with Gasteiger partial charge in [0.05, 0.1) is 0 Å². The Balaban J connectivity index is 1.47. The number of aromatic nitrogens is 2. The Kier molecular flexibility index (Phi) is 3.13. The molecule has 2 unspecified atom stereocenters. The molecule has 4 rings (SSSR count). The molecule has 2 aliphatic rings. The lowest BCUT2D eigenvalue weighted by Gasteiger charge is -2.16. The van der Waals surface area contributed by atoms with Gasteiger partial charge in [0, 0.05) is 37.1 Å². The highest BCUT2D eigenvalue weighted by Crippen LogP contribution is 2.53. The van der Waals surface area contributed by atoms with Crippen molar-refractivity contribution in [3.8, 4) is 0 Å². The summed E-state index contributed by atoms with van der Waals surface area (Å²) in [6.07, 6.45) is 7.85. The van der Waals surface area contributed by atoms with E-state index in [0.29, 0.717) is 11.8 Å². The third-order valence-corrected chi connectivity index (χ3v) is 4.73. The molecule has 0 amide bonds. The van der Waals surface area contributed by atoms with E-state index < -0.39 is 0 Å². The van der Waals surface area contributed by atoms with Crippen LogP contribution in [0.2, 0.25) is 0 Å². The number of nitrogens with zero attached hydrogens (tertiary/aromatic N) is 3. The minimum Gasteiger partial charge on any atom is -0.357 e. The normalized spacial score (nSPS) is 24.3. The van der Waals surface area contributed by atoms with Gasteiger partial charge >= 0.3 is 0 Å². The van der Waals surface area contributed by atoms with Gasteiger partial charge in [0.25, 0.3) is 0 Å². The van der Waals surface area contributed by atoms with Gasteiger partial charge in [0.2, 0.25) is 0 Å². The van der Waals surface area contributed by atoms with Crippen molar-refractivity contribution in [2.45, 2.75) is 38.0 Å². The van der Waals surface area contributed by atoms with Crippen molar-refractivity contribution in [1.29, 1.82) is 0 Å². The van der Waals surface area contributed by atoms with Crippen LogP contribution in [0.25, 0.3) is 0 Å². The van der Waals surface area contributed by atoms with Crippen LogP contribution >= 0.6 is 0 Å². The van der Waals surface area contributed by atoms with E-state index in [2.05, 4.69) is 52.3 Å². The van der Waals surface area contributed by atoms with E-state index in [1.54, 1.807) is 0 Å². The first-order valence-corrected chi connectivity index (χ1v) is 7.95. The summed E-state index contributed by atoms with van der Waals surface area (Å²) < 4.78 is 0. The topological polar surface area (TPSA) is 29.0 Å². The van der Waals surface area contributed by atoms with Gasteiger partial charge in [-0.05, 0) is 55.4 Å². The summed E-state index contributed by atoms with van der Waals surface area (Å²) >= 11 is 0. The number of hydrogen-bond donors (Lipinski definition) is 0. The highest BCUT2D eigenvalue weighted by atomic mass is 15.2. The van der Waals surface area contributed by atoms with Crippen LogP contribution in [-0.4, -0.2) is 23.1 Å². The summed E-state index contributed by atoms with van der Waals surface area (Å²) in [5.41, 5.74) is 3.83. The van der Waals surface area contributed by atoms with Gasteiger partial charge in [-0.15, -0.1) is 0 Å². The third kappa shape index (κ3) is 2.53. The Morgan fingerprint density at radius 2 is 1.81 bits per heavy atom. The van der Waals surface area contributed by atoms with Gasteiger partial charge < -0.3 is 4.90 Å². The second-order valence-electron chi connectivity index (χ2n) is 6.35. The second kappa shape index (κ2) is 5.14. The molecule has 0 spiro atoms. The van der Waals surface area contributed by atoms with Crippen molar-refractivity contribution < 1.29 is 0 Å². The number of pyridine rings is 2. The molecule has 2 aromatic heterocycles. The van der Waals surface area contributed by atoms with Crippen molar-refractivity contribution in [3.63, 3.8) is 0 Å². The van der Waals surface area contributed by atoms with Gasteiger partial charge in [-0.1, -0.05) is 12.1 Å². The SMILES string of the molecule is Cc1ccc(C2CC2c2ccc(N3CCCC3)nc2)nc1. The van der Waals surface area contributed by atoms with E-state index >= 15 is 0 Å². The fraction of sp³-hybridized carbons (Fsp3) is 0.444. The molecule has 1 saturated carbocycles. The maximum Gasteiger partial charge on any atom is 0.128 e. The standard InChI is InChI=1S/C18H21N3/c1-13-4-6-17(19-11-13)16-10-15(16)14-5-7-18(20-12-14)21-8-2-3-9-21/h4-7,11-12,15-16H,2-3,8-10H2,1H3. The third-order valence-electron chi connectivity index (χ3n) is 4.73. The van der Waals surface area contributed by atoms with Crippen molar-refractivity contribution in [2.24, 2.45) is 0 Å². The molecule has 0 aromatic carbocycles. The molecule has 1 aliphatic heterocycles. The van der Waals surface area contributed by atoms with Crippen molar-refractivity contribution in [3.05, 3.63) is 53.5 Å². The van der Waals surface area contributed by atoms with Gasteiger partial charge in [0.1, 0.15) is 5.82 Å². The molecule has 2 aromatic rings. The predicted molar refractivity (Wildman–Crippen MR) is 84.8 cm³/mol. The van der Waals surface area contributed by atoms with Crippen LogP contribution in [0.1, 0.15) is 47.9 Å². The number of aryl methyl sites for hydroxylation is 1. The van der Waals surface area contributed by atoms with Gasteiger partial charge in [-0.2, -0.15) is 0 Å². The Morgan fingerprint density at radius 1 is 0.952 bits per heavy atom. The number of rotatable bonds is 3. The first-order chi connectivity index (χ1) is 10.3. The summed E-state index contributed by atoms with van der Waals surface area (Å²) in [5, 5.41) is 0. The van der Waals surface area contributed by atoms with Crippen LogP contribution in [0.15, 0.2) is 36.7 Å². The van der Waals surface area contributed by atoms with Crippen LogP contribution in [0.4, 0.5) is 5.82 Å². The van der Waals surface area contributed by atoms with Crippen molar-refractivity contribution in [1.82, 2.24) is 9.97 Å². The summed E-state index contributed by atoms with van der Waals surface area (Å²) in [6, 6.07) is 8.79. The Hall–Kier alpha value is -1.90. The van der Waals surface area contributed by atoms with Gasteiger partial charge in [0.15, 0.2) is 0 Å². The fourth-order valence-corrected chi connectivity index (χ4v) is 3.34. The van der Waals surface area contributed by atoms with E-state index in [1.807, 2.05) is 6.20 Å². The Labute approximate surface area is 126 Å². The zero-order valence-corrected chi connectivity index (χ0v) is 12.5. The molecule has 0 N–H and O–H groups in total. The molecule has 0 radical (unpaired) electrons. The van der Waals surface area contributed by atoms with Crippen LogP contribution < -0.4 is 4.90 Å². The van der Waals surface area contributed by atoms with Crippen LogP contribution in [-0.2, 0) is 0 Å². The van der Waals surface area contributed by atoms with Gasteiger partial charge in [-0.25, -0.2) is 4.98 Å². The molecule has 21 heavy (non-hydrogen) atoms. The molecule has 1 aliphatic carbocycles. The largest absolute Gasteiger partial charge is 0.357 e. The summed E-state index contributed by atoms with van der Waals surface area (Å²) in [7, 11) is 0. The van der Waals surface area contributed by atoms with Crippen LogP contribution in [0.5, 0.6) is 0 Å². The number of anilines is 1. The highest BCUT2D eigenvalue weighted by Gasteiger charge is 2.40. The van der Waals surface area contributed by atoms with Crippen molar-refractivity contribution >= 4 is 5.82 Å². The molecular weight excluding hydrogens is 258 g/mol. The molecule has 2 fully saturated rings. The average Bonchev–Trinajstić information content (AvgIpc) is 3.13. The maximum absolute atomic E-state index is 4.67. The summed E-state index contributed by atoms with van der Waals surface area (Å²) in [5.74, 6) is 2.34. The monoisotopic (exact) mass is 279 g/mol. The summed E-state index contributed by atoms with van der Waals surface area (Å²) in [4.78, 5) is 11.6. The first kappa shape index (κ1) is 12.8. The van der Waals surface area contributed by atoms with Crippen molar-refractivity contribution in [2.75, 3.05) is 18.0 Å². The lowest BCUT2D eigenvalue weighted by atomic mass is 10.1.